The summed E-state index contributed by atoms with van der Waals surface area (Å²) < 4.78 is 13.1. The summed E-state index contributed by atoms with van der Waals surface area (Å²) in [4.78, 5) is 32.8. The van der Waals surface area contributed by atoms with E-state index < -0.39 is 6.03 Å². The first-order valence-electron chi connectivity index (χ1n) is 10.8. The molecule has 1 saturated heterocycles. The minimum absolute atomic E-state index is 0.0281. The molecule has 0 radical (unpaired) electrons. The van der Waals surface area contributed by atoms with E-state index in [0.29, 0.717) is 17.8 Å². The number of rotatable bonds is 5. The molecule has 2 heterocycles. The molecule has 7 nitrogen and oxygen atoms in total. The first-order chi connectivity index (χ1) is 15.9. The Hall–Kier alpha value is -3.78. The molecule has 0 spiro atoms. The van der Waals surface area contributed by atoms with Crippen LogP contribution >= 0.6 is 0 Å². The first kappa shape index (κ1) is 22.4. The predicted octanol–water partition coefficient (Wildman–Crippen LogP) is 3.61. The minimum atomic E-state index is -0.683. The molecule has 2 aromatic carbocycles. The number of nitrogens with one attached hydrogen (secondary N) is 1. The highest BCUT2D eigenvalue weighted by atomic mass is 19.1. The average molecular weight is 448 g/mol. The number of halogens is 1. The number of nitrogens with two attached hydrogens (primary N) is 1. The Kier molecular flexibility index (Phi) is 6.65. The van der Waals surface area contributed by atoms with E-state index in [9.17, 15) is 14.0 Å². The second-order valence-electron chi connectivity index (χ2n) is 8.20. The Morgan fingerprint density at radius 2 is 2.00 bits per heavy atom. The van der Waals surface area contributed by atoms with Gasteiger partial charge in [-0.3, -0.25) is 14.7 Å². The summed E-state index contributed by atoms with van der Waals surface area (Å²) in [7, 11) is 0. The molecule has 1 fully saturated rings. The largest absolute Gasteiger partial charge is 0.351 e. The molecule has 1 atom stereocenters. The molecule has 1 aliphatic rings. The molecule has 8 heteroatoms. The Balaban J connectivity index is 1.44. The molecule has 0 aliphatic carbocycles. The van der Waals surface area contributed by atoms with Crippen molar-refractivity contribution in [2.75, 3.05) is 25.0 Å². The second kappa shape index (κ2) is 9.79. The number of fused-ring (bicyclic) bond motifs is 1. The third kappa shape index (κ3) is 5.53. The number of pyridine rings is 1. The topological polar surface area (TPSA) is 91.6 Å². The number of urea groups is 1. The third-order valence-electron chi connectivity index (χ3n) is 5.75. The van der Waals surface area contributed by atoms with Gasteiger partial charge in [0.15, 0.2) is 0 Å². The lowest BCUT2D eigenvalue weighted by Crippen LogP contribution is -2.53. The number of benzene rings is 2. The normalized spacial score (nSPS) is 16.9. The fraction of sp³-hybridized carbons (Fsp3) is 0.240. The van der Waals surface area contributed by atoms with Gasteiger partial charge in [-0.15, -0.1) is 0 Å². The number of nitrogens with zero attached hydrogens (tertiary/aromatic N) is 3. The lowest BCUT2D eigenvalue weighted by atomic mass is 10.1. The lowest BCUT2D eigenvalue weighted by Gasteiger charge is -2.39. The smallest absolute Gasteiger partial charge is 0.316 e. The van der Waals surface area contributed by atoms with Crippen LogP contribution in [0.2, 0.25) is 0 Å². The van der Waals surface area contributed by atoms with Crippen LogP contribution < -0.4 is 11.1 Å². The SMILES string of the molecule is C[C@@H]1CN(Cc2ccc(F)cc2)CCN1C(=O)C=Cc1cc2cccnc2cc1NC(N)=O. The molecule has 3 aromatic rings. The van der Waals surface area contributed by atoms with Crippen molar-refractivity contribution in [2.24, 2.45) is 5.73 Å². The summed E-state index contributed by atoms with van der Waals surface area (Å²) >= 11 is 0. The molecule has 33 heavy (non-hydrogen) atoms. The third-order valence-corrected chi connectivity index (χ3v) is 5.75. The van der Waals surface area contributed by atoms with Gasteiger partial charge < -0.3 is 16.0 Å². The number of hydrogen-bond acceptors (Lipinski definition) is 4. The fourth-order valence-electron chi connectivity index (χ4n) is 4.13. The maximum absolute atomic E-state index is 13.1. The first-order valence-corrected chi connectivity index (χ1v) is 10.8. The molecule has 3 N–H and O–H groups in total. The van der Waals surface area contributed by atoms with Crippen LogP contribution in [-0.4, -0.2) is 52.4 Å². The number of carbonyl (C=O) groups excluding carboxylic acids is 2. The monoisotopic (exact) mass is 447 g/mol. The van der Waals surface area contributed by atoms with Crippen molar-refractivity contribution in [3.05, 3.63) is 77.7 Å². The predicted molar refractivity (Wildman–Crippen MR) is 127 cm³/mol. The van der Waals surface area contributed by atoms with Crippen molar-refractivity contribution in [3.63, 3.8) is 0 Å². The van der Waals surface area contributed by atoms with Gasteiger partial charge in [0.2, 0.25) is 5.91 Å². The number of carbonyl (C=O) groups is 2. The van der Waals surface area contributed by atoms with Crippen molar-refractivity contribution < 1.29 is 14.0 Å². The molecule has 1 aliphatic heterocycles. The highest BCUT2D eigenvalue weighted by molar-refractivity contribution is 5.98. The van der Waals surface area contributed by atoms with Crippen LogP contribution in [0.3, 0.4) is 0 Å². The molecule has 0 unspecified atom stereocenters. The molecule has 170 valence electrons. The van der Waals surface area contributed by atoms with Gasteiger partial charge in [0.05, 0.1) is 11.2 Å². The van der Waals surface area contributed by atoms with E-state index in [2.05, 4.69) is 15.2 Å². The van der Waals surface area contributed by atoms with Gasteiger partial charge in [0.25, 0.3) is 0 Å². The van der Waals surface area contributed by atoms with Gasteiger partial charge in [-0.1, -0.05) is 18.2 Å². The standard InChI is InChI=1S/C25H26FN5O2/c1-17-15-30(16-18-4-7-21(26)8-5-18)11-12-31(17)24(32)9-6-20-13-19-3-2-10-28-22(19)14-23(20)29-25(27)33/h2-10,13-14,17H,11-12,15-16H2,1H3,(H3,27,29,33)/t17-/m1/s1. The average Bonchev–Trinajstić information content (AvgIpc) is 2.78. The van der Waals surface area contributed by atoms with Gasteiger partial charge in [-0.2, -0.15) is 0 Å². The number of hydrogen-bond donors (Lipinski definition) is 2. The molecule has 4 rings (SSSR count). The minimum Gasteiger partial charge on any atom is -0.351 e. The number of amides is 3. The molecule has 0 saturated carbocycles. The Morgan fingerprint density at radius 3 is 2.73 bits per heavy atom. The highest BCUT2D eigenvalue weighted by Gasteiger charge is 2.26. The van der Waals surface area contributed by atoms with Crippen molar-refractivity contribution in [2.45, 2.75) is 19.5 Å². The van der Waals surface area contributed by atoms with Gasteiger partial charge in [-0.05, 0) is 54.5 Å². The van der Waals surface area contributed by atoms with Crippen molar-refractivity contribution in [1.82, 2.24) is 14.8 Å². The Bertz CT molecular complexity index is 1200. The summed E-state index contributed by atoms with van der Waals surface area (Å²) in [5.74, 6) is -0.341. The van der Waals surface area contributed by atoms with E-state index in [1.54, 1.807) is 30.5 Å². The van der Waals surface area contributed by atoms with Gasteiger partial charge in [-0.25, -0.2) is 9.18 Å². The second-order valence-corrected chi connectivity index (χ2v) is 8.20. The van der Waals surface area contributed by atoms with Crippen LogP contribution in [0.15, 0.2) is 60.8 Å². The van der Waals surface area contributed by atoms with Crippen molar-refractivity contribution >= 4 is 34.6 Å². The summed E-state index contributed by atoms with van der Waals surface area (Å²) in [5.41, 5.74) is 8.24. The van der Waals surface area contributed by atoms with E-state index in [0.717, 1.165) is 36.1 Å². The Labute approximate surface area is 191 Å². The maximum Gasteiger partial charge on any atom is 0.316 e. The van der Waals surface area contributed by atoms with Crippen LogP contribution in [0.1, 0.15) is 18.1 Å². The van der Waals surface area contributed by atoms with Gasteiger partial charge >= 0.3 is 6.03 Å². The van der Waals surface area contributed by atoms with E-state index in [1.165, 1.54) is 18.2 Å². The summed E-state index contributed by atoms with van der Waals surface area (Å²) in [6.07, 6.45) is 4.89. The lowest BCUT2D eigenvalue weighted by molar-refractivity contribution is -0.130. The zero-order valence-corrected chi connectivity index (χ0v) is 18.4. The van der Waals surface area contributed by atoms with E-state index in [-0.39, 0.29) is 17.8 Å². The summed E-state index contributed by atoms with van der Waals surface area (Å²) in [5, 5.41) is 3.49. The number of anilines is 1. The molecular formula is C25H26FN5O2. The van der Waals surface area contributed by atoms with E-state index >= 15 is 0 Å². The molecule has 3 amide bonds. The van der Waals surface area contributed by atoms with Crippen LogP contribution in [-0.2, 0) is 11.3 Å². The maximum atomic E-state index is 13.1. The van der Waals surface area contributed by atoms with Crippen LogP contribution in [0.5, 0.6) is 0 Å². The highest BCUT2D eigenvalue weighted by Crippen LogP contribution is 2.24. The molecular weight excluding hydrogens is 421 g/mol. The van der Waals surface area contributed by atoms with Crippen LogP contribution in [0, 0.1) is 5.82 Å². The van der Waals surface area contributed by atoms with Crippen molar-refractivity contribution in [1.29, 1.82) is 0 Å². The zero-order valence-electron chi connectivity index (χ0n) is 18.4. The zero-order chi connectivity index (χ0) is 23.4. The van der Waals surface area contributed by atoms with Gasteiger partial charge in [0, 0.05) is 49.9 Å². The summed E-state index contributed by atoms with van der Waals surface area (Å²) in [6, 6.07) is 13.2. The number of piperazine rings is 1. The Morgan fingerprint density at radius 1 is 1.21 bits per heavy atom. The van der Waals surface area contributed by atoms with Crippen LogP contribution in [0.4, 0.5) is 14.9 Å². The molecule has 0 bridgehead atoms. The number of primary amides is 1. The molecule has 1 aromatic heterocycles. The summed E-state index contributed by atoms with van der Waals surface area (Å²) in [6.45, 7) is 4.80. The van der Waals surface area contributed by atoms with Gasteiger partial charge in [0.1, 0.15) is 5.82 Å². The van der Waals surface area contributed by atoms with E-state index in [4.69, 9.17) is 5.73 Å². The van der Waals surface area contributed by atoms with Crippen LogP contribution in [0.25, 0.3) is 17.0 Å². The fourth-order valence-corrected chi connectivity index (χ4v) is 4.13. The van der Waals surface area contributed by atoms with E-state index in [1.807, 2.05) is 30.0 Å². The number of aromatic nitrogens is 1. The quantitative estimate of drug-likeness (QED) is 0.585. The van der Waals surface area contributed by atoms with Crippen molar-refractivity contribution in [3.8, 4) is 0 Å².